The molecular formula is C23H29NO3. The van der Waals surface area contributed by atoms with E-state index in [9.17, 15) is 4.79 Å². The number of carbonyl (C=O) groups is 1. The summed E-state index contributed by atoms with van der Waals surface area (Å²) in [5.74, 6) is 1.49. The molecule has 0 saturated heterocycles. The van der Waals surface area contributed by atoms with Gasteiger partial charge in [0.2, 0.25) is 0 Å². The lowest BCUT2D eigenvalue weighted by atomic mass is 9.89. The molecule has 0 unspecified atom stereocenters. The molecule has 1 N–H and O–H groups in total. The molecule has 1 amide bonds. The number of hydrogen-bond acceptors (Lipinski definition) is 3. The molecule has 2 aromatic rings. The zero-order valence-electron chi connectivity index (χ0n) is 17.1. The number of nitrogens with one attached hydrogen (secondary N) is 1. The lowest BCUT2D eigenvalue weighted by molar-refractivity contribution is -0.124. The lowest BCUT2D eigenvalue weighted by Gasteiger charge is -2.38. The molecule has 0 bridgehead atoms. The Morgan fingerprint density at radius 3 is 2.63 bits per heavy atom. The number of fused-ring (bicyclic) bond motifs is 1. The summed E-state index contributed by atoms with van der Waals surface area (Å²) in [6, 6.07) is 10.1. The van der Waals surface area contributed by atoms with Crippen LogP contribution < -0.4 is 14.8 Å². The van der Waals surface area contributed by atoms with Crippen molar-refractivity contribution >= 4 is 5.91 Å². The van der Waals surface area contributed by atoms with Crippen molar-refractivity contribution in [1.82, 2.24) is 5.32 Å². The predicted molar refractivity (Wildman–Crippen MR) is 108 cm³/mol. The van der Waals surface area contributed by atoms with Crippen molar-refractivity contribution in [2.75, 3.05) is 6.61 Å². The minimum absolute atomic E-state index is 0.00265. The van der Waals surface area contributed by atoms with Crippen LogP contribution in [0, 0.1) is 27.7 Å². The number of ether oxygens (including phenoxy) is 2. The van der Waals surface area contributed by atoms with Crippen molar-refractivity contribution in [3.63, 3.8) is 0 Å². The second-order valence-corrected chi connectivity index (χ2v) is 8.22. The summed E-state index contributed by atoms with van der Waals surface area (Å²) in [5, 5.41) is 3.13. The van der Waals surface area contributed by atoms with Gasteiger partial charge in [0.15, 0.2) is 6.61 Å². The molecule has 27 heavy (non-hydrogen) atoms. The maximum atomic E-state index is 12.6. The van der Waals surface area contributed by atoms with Crippen molar-refractivity contribution in [3.8, 4) is 11.5 Å². The largest absolute Gasteiger partial charge is 0.487 e. The number of hydrogen-bond donors (Lipinski definition) is 1. The van der Waals surface area contributed by atoms with Gasteiger partial charge < -0.3 is 14.8 Å². The van der Waals surface area contributed by atoms with E-state index in [4.69, 9.17) is 9.47 Å². The van der Waals surface area contributed by atoms with E-state index in [1.165, 1.54) is 5.56 Å². The predicted octanol–water partition coefficient (Wildman–Crippen LogP) is 4.72. The fourth-order valence-corrected chi connectivity index (χ4v) is 3.63. The van der Waals surface area contributed by atoms with Gasteiger partial charge in [-0.2, -0.15) is 0 Å². The normalized spacial score (nSPS) is 17.6. The summed E-state index contributed by atoms with van der Waals surface area (Å²) in [5.41, 5.74) is 5.22. The molecule has 0 radical (unpaired) electrons. The summed E-state index contributed by atoms with van der Waals surface area (Å²) in [7, 11) is 0. The van der Waals surface area contributed by atoms with Gasteiger partial charge in [-0.3, -0.25) is 4.79 Å². The van der Waals surface area contributed by atoms with Crippen molar-refractivity contribution in [1.29, 1.82) is 0 Å². The van der Waals surface area contributed by atoms with E-state index in [0.29, 0.717) is 0 Å². The maximum absolute atomic E-state index is 12.6. The topological polar surface area (TPSA) is 47.6 Å². The SMILES string of the molecule is Cc1cc(C)c(C)c(OCC(=O)N[C@H]2CC(C)(C)Oc3ccc(C)cc32)c1. The Morgan fingerprint density at radius 2 is 1.89 bits per heavy atom. The third kappa shape index (κ3) is 4.44. The number of aryl methyl sites for hydroxylation is 3. The van der Waals surface area contributed by atoms with E-state index in [1.54, 1.807) is 0 Å². The van der Waals surface area contributed by atoms with Crippen molar-refractivity contribution in [3.05, 3.63) is 58.1 Å². The van der Waals surface area contributed by atoms with Crippen LogP contribution in [-0.4, -0.2) is 18.1 Å². The number of benzene rings is 2. The van der Waals surface area contributed by atoms with Gasteiger partial charge in [0.1, 0.15) is 17.1 Å². The molecule has 4 nitrogen and oxygen atoms in total. The third-order valence-corrected chi connectivity index (χ3v) is 5.08. The first-order valence-electron chi connectivity index (χ1n) is 9.44. The van der Waals surface area contributed by atoms with Crippen molar-refractivity contribution < 1.29 is 14.3 Å². The van der Waals surface area contributed by atoms with E-state index in [-0.39, 0.29) is 24.2 Å². The zero-order valence-corrected chi connectivity index (χ0v) is 17.1. The lowest BCUT2D eigenvalue weighted by Crippen LogP contribution is -2.42. The van der Waals surface area contributed by atoms with E-state index < -0.39 is 0 Å². The van der Waals surface area contributed by atoms with Gasteiger partial charge in [-0.05, 0) is 70.4 Å². The molecule has 0 spiro atoms. The summed E-state index contributed by atoms with van der Waals surface area (Å²) in [6.45, 7) is 12.2. The second-order valence-electron chi connectivity index (χ2n) is 8.22. The fraction of sp³-hybridized carbons (Fsp3) is 0.435. The van der Waals surface area contributed by atoms with Crippen LogP contribution in [-0.2, 0) is 4.79 Å². The van der Waals surface area contributed by atoms with Gasteiger partial charge in [-0.25, -0.2) is 0 Å². The van der Waals surface area contributed by atoms with Gasteiger partial charge in [0.25, 0.3) is 5.91 Å². The fourth-order valence-electron chi connectivity index (χ4n) is 3.63. The van der Waals surface area contributed by atoms with Crippen LogP contribution in [0.15, 0.2) is 30.3 Å². The molecule has 0 saturated carbocycles. The molecule has 1 heterocycles. The Morgan fingerprint density at radius 1 is 1.15 bits per heavy atom. The first-order valence-corrected chi connectivity index (χ1v) is 9.44. The molecule has 1 aliphatic rings. The van der Waals surface area contributed by atoms with Gasteiger partial charge in [0.05, 0.1) is 6.04 Å². The highest BCUT2D eigenvalue weighted by molar-refractivity contribution is 5.78. The number of carbonyl (C=O) groups excluding carboxylic acids is 1. The first-order chi connectivity index (χ1) is 12.6. The quantitative estimate of drug-likeness (QED) is 0.851. The van der Waals surface area contributed by atoms with Gasteiger partial charge >= 0.3 is 0 Å². The Balaban J connectivity index is 1.72. The van der Waals surface area contributed by atoms with Gasteiger partial charge in [0, 0.05) is 12.0 Å². The van der Waals surface area contributed by atoms with E-state index in [0.717, 1.165) is 40.2 Å². The van der Waals surface area contributed by atoms with Gasteiger partial charge in [-0.1, -0.05) is 23.8 Å². The standard InChI is InChI=1S/C23H29NO3/c1-14-7-8-20-18(10-14)19(12-23(5,6)27-20)24-22(25)13-26-21-11-15(2)9-16(3)17(21)4/h7-11,19H,12-13H2,1-6H3,(H,24,25)/t19-/m0/s1. The average Bonchev–Trinajstić information content (AvgIpc) is 2.56. The Kier molecular flexibility index (Phi) is 5.18. The van der Waals surface area contributed by atoms with Crippen LogP contribution in [0.3, 0.4) is 0 Å². The first kappa shape index (κ1) is 19.3. The highest BCUT2D eigenvalue weighted by Crippen LogP contribution is 2.39. The minimum Gasteiger partial charge on any atom is -0.487 e. The molecule has 0 aliphatic carbocycles. The molecule has 1 aliphatic heterocycles. The van der Waals surface area contributed by atoms with Crippen LogP contribution in [0.2, 0.25) is 0 Å². The highest BCUT2D eigenvalue weighted by Gasteiger charge is 2.34. The smallest absolute Gasteiger partial charge is 0.258 e. The molecule has 4 heteroatoms. The number of rotatable bonds is 4. The molecule has 3 rings (SSSR count). The van der Waals surface area contributed by atoms with E-state index in [2.05, 4.69) is 24.4 Å². The minimum atomic E-state index is -0.328. The van der Waals surface area contributed by atoms with E-state index >= 15 is 0 Å². The van der Waals surface area contributed by atoms with Crippen molar-refractivity contribution in [2.24, 2.45) is 0 Å². The van der Waals surface area contributed by atoms with E-state index in [1.807, 2.05) is 52.8 Å². The average molecular weight is 367 g/mol. The Bertz CT molecular complexity index is 870. The third-order valence-electron chi connectivity index (χ3n) is 5.08. The monoisotopic (exact) mass is 367 g/mol. The Hall–Kier alpha value is -2.49. The summed E-state index contributed by atoms with van der Waals surface area (Å²) in [4.78, 5) is 12.6. The Labute approximate surface area is 161 Å². The van der Waals surface area contributed by atoms with Crippen molar-refractivity contribution in [2.45, 2.75) is 59.6 Å². The summed E-state index contributed by atoms with van der Waals surface area (Å²) < 4.78 is 11.9. The van der Waals surface area contributed by atoms with Crippen LogP contribution in [0.1, 0.15) is 54.1 Å². The maximum Gasteiger partial charge on any atom is 0.258 e. The summed E-state index contributed by atoms with van der Waals surface area (Å²) >= 11 is 0. The zero-order chi connectivity index (χ0) is 19.8. The molecule has 0 fully saturated rings. The molecule has 144 valence electrons. The molecule has 1 atom stereocenters. The van der Waals surface area contributed by atoms with Crippen LogP contribution >= 0.6 is 0 Å². The van der Waals surface area contributed by atoms with Crippen LogP contribution in [0.4, 0.5) is 0 Å². The molecule has 0 aromatic heterocycles. The van der Waals surface area contributed by atoms with Crippen LogP contribution in [0.25, 0.3) is 0 Å². The summed E-state index contributed by atoms with van der Waals surface area (Å²) in [6.07, 6.45) is 0.720. The molecular weight excluding hydrogens is 338 g/mol. The highest BCUT2D eigenvalue weighted by atomic mass is 16.5. The second kappa shape index (κ2) is 7.26. The number of amides is 1. The molecule has 2 aromatic carbocycles. The van der Waals surface area contributed by atoms with Crippen LogP contribution in [0.5, 0.6) is 11.5 Å². The van der Waals surface area contributed by atoms with Gasteiger partial charge in [-0.15, -0.1) is 0 Å².